The van der Waals surface area contributed by atoms with E-state index in [0.717, 1.165) is 31.1 Å². The molecule has 100 valence electrons. The number of benzene rings is 1. The molecular formula is C15H23ClN2. The molecule has 0 bridgehead atoms. The van der Waals surface area contributed by atoms with Gasteiger partial charge in [-0.05, 0) is 42.0 Å². The summed E-state index contributed by atoms with van der Waals surface area (Å²) in [6, 6.07) is 6.47. The molecule has 0 aromatic heterocycles. The van der Waals surface area contributed by atoms with Gasteiger partial charge in [-0.1, -0.05) is 31.5 Å². The van der Waals surface area contributed by atoms with Crippen LogP contribution in [0.5, 0.6) is 0 Å². The Kier molecular flexibility index (Phi) is 4.00. The van der Waals surface area contributed by atoms with Crippen molar-refractivity contribution in [1.82, 2.24) is 4.90 Å². The molecule has 1 heterocycles. The highest BCUT2D eigenvalue weighted by molar-refractivity contribution is 6.30. The van der Waals surface area contributed by atoms with Crippen molar-refractivity contribution >= 4 is 11.6 Å². The lowest BCUT2D eigenvalue weighted by Gasteiger charge is -2.42. The van der Waals surface area contributed by atoms with Crippen molar-refractivity contribution in [2.24, 2.45) is 11.1 Å². The molecular weight excluding hydrogens is 244 g/mol. The van der Waals surface area contributed by atoms with Crippen LogP contribution in [0, 0.1) is 12.3 Å². The van der Waals surface area contributed by atoms with Gasteiger partial charge in [0.05, 0.1) is 0 Å². The topological polar surface area (TPSA) is 29.3 Å². The largest absolute Gasteiger partial charge is 0.327 e. The third-order valence-electron chi connectivity index (χ3n) is 4.09. The van der Waals surface area contributed by atoms with Gasteiger partial charge in [-0.3, -0.25) is 4.90 Å². The number of hydrogen-bond acceptors (Lipinski definition) is 2. The van der Waals surface area contributed by atoms with E-state index in [1.807, 2.05) is 12.1 Å². The lowest BCUT2D eigenvalue weighted by molar-refractivity contribution is 0.0897. The predicted octanol–water partition coefficient (Wildman–Crippen LogP) is 3.21. The summed E-state index contributed by atoms with van der Waals surface area (Å²) in [7, 11) is 0. The first-order chi connectivity index (χ1) is 8.38. The van der Waals surface area contributed by atoms with Gasteiger partial charge in [0.2, 0.25) is 0 Å². The minimum atomic E-state index is 0.207. The number of nitrogens with zero attached hydrogens (tertiary/aromatic N) is 1. The van der Waals surface area contributed by atoms with Crippen molar-refractivity contribution in [3.05, 3.63) is 34.3 Å². The minimum absolute atomic E-state index is 0.207. The summed E-state index contributed by atoms with van der Waals surface area (Å²) in [6.07, 6.45) is 1.08. The van der Waals surface area contributed by atoms with Crippen LogP contribution in [0.25, 0.3) is 0 Å². The molecule has 18 heavy (non-hydrogen) atoms. The first-order valence-corrected chi connectivity index (χ1v) is 6.99. The van der Waals surface area contributed by atoms with Crippen LogP contribution >= 0.6 is 11.6 Å². The second-order valence-corrected chi connectivity index (χ2v) is 6.60. The number of hydrogen-bond donors (Lipinski definition) is 1. The molecule has 3 heteroatoms. The van der Waals surface area contributed by atoms with E-state index in [-0.39, 0.29) is 5.41 Å². The van der Waals surface area contributed by atoms with Gasteiger partial charge in [0.1, 0.15) is 0 Å². The van der Waals surface area contributed by atoms with Crippen LogP contribution in [0.1, 0.15) is 31.4 Å². The summed E-state index contributed by atoms with van der Waals surface area (Å²) in [5.41, 5.74) is 9.02. The second-order valence-electron chi connectivity index (χ2n) is 6.17. The van der Waals surface area contributed by atoms with Crippen molar-refractivity contribution in [2.75, 3.05) is 13.1 Å². The van der Waals surface area contributed by atoms with E-state index in [1.54, 1.807) is 0 Å². The monoisotopic (exact) mass is 266 g/mol. The standard InChI is InChI=1S/C15H23ClN2/c1-11-8-13(16)5-4-12(11)9-18-7-6-14(17)15(2,3)10-18/h4-5,8,14H,6-7,9-10,17H2,1-3H3. The van der Waals surface area contributed by atoms with Crippen LogP contribution < -0.4 is 5.73 Å². The summed E-state index contributed by atoms with van der Waals surface area (Å²) in [5, 5.41) is 0.817. The first kappa shape index (κ1) is 13.9. The van der Waals surface area contributed by atoms with E-state index in [2.05, 4.69) is 31.7 Å². The minimum Gasteiger partial charge on any atom is -0.327 e. The van der Waals surface area contributed by atoms with Crippen LogP contribution in [-0.4, -0.2) is 24.0 Å². The average Bonchev–Trinajstić information content (AvgIpc) is 2.27. The number of rotatable bonds is 2. The van der Waals surface area contributed by atoms with Crippen LogP contribution in [0.4, 0.5) is 0 Å². The first-order valence-electron chi connectivity index (χ1n) is 6.61. The quantitative estimate of drug-likeness (QED) is 0.891. The van der Waals surface area contributed by atoms with E-state index in [1.165, 1.54) is 11.1 Å². The molecule has 1 fully saturated rings. The van der Waals surface area contributed by atoms with E-state index >= 15 is 0 Å². The summed E-state index contributed by atoms with van der Waals surface area (Å²) in [4.78, 5) is 2.50. The Morgan fingerprint density at radius 2 is 2.17 bits per heavy atom. The normalized spacial score (nSPS) is 24.2. The number of halogens is 1. The van der Waals surface area contributed by atoms with Crippen LogP contribution in [0.15, 0.2) is 18.2 Å². The summed E-state index contributed by atoms with van der Waals surface area (Å²) in [5.74, 6) is 0. The van der Waals surface area contributed by atoms with Gasteiger partial charge < -0.3 is 5.73 Å². The molecule has 1 aliphatic heterocycles. The Morgan fingerprint density at radius 1 is 1.44 bits per heavy atom. The molecule has 1 aliphatic rings. The second kappa shape index (κ2) is 5.20. The van der Waals surface area contributed by atoms with Gasteiger partial charge in [-0.2, -0.15) is 0 Å². The Bertz CT molecular complexity index is 429. The molecule has 0 saturated carbocycles. The molecule has 0 radical (unpaired) electrons. The van der Waals surface area contributed by atoms with Crippen molar-refractivity contribution in [3.8, 4) is 0 Å². The molecule has 0 amide bonds. The highest BCUT2D eigenvalue weighted by Gasteiger charge is 2.33. The van der Waals surface area contributed by atoms with Gasteiger partial charge in [-0.25, -0.2) is 0 Å². The number of aryl methyl sites for hydroxylation is 1. The number of nitrogens with two attached hydrogens (primary N) is 1. The van der Waals surface area contributed by atoms with E-state index in [4.69, 9.17) is 17.3 Å². The number of piperidine rings is 1. The molecule has 1 aromatic rings. The van der Waals surface area contributed by atoms with Crippen molar-refractivity contribution in [1.29, 1.82) is 0 Å². The Hall–Kier alpha value is -0.570. The fraction of sp³-hybridized carbons (Fsp3) is 0.600. The van der Waals surface area contributed by atoms with Gasteiger partial charge in [0, 0.05) is 30.7 Å². The van der Waals surface area contributed by atoms with E-state index < -0.39 is 0 Å². The molecule has 2 nitrogen and oxygen atoms in total. The molecule has 1 aromatic carbocycles. The fourth-order valence-corrected chi connectivity index (χ4v) is 2.92. The highest BCUT2D eigenvalue weighted by atomic mass is 35.5. The zero-order valence-electron chi connectivity index (χ0n) is 11.5. The van der Waals surface area contributed by atoms with Crippen molar-refractivity contribution in [3.63, 3.8) is 0 Å². The maximum Gasteiger partial charge on any atom is 0.0408 e. The predicted molar refractivity (Wildman–Crippen MR) is 77.8 cm³/mol. The van der Waals surface area contributed by atoms with Crippen LogP contribution in [-0.2, 0) is 6.54 Å². The SMILES string of the molecule is Cc1cc(Cl)ccc1CN1CCC(N)C(C)(C)C1. The number of likely N-dealkylation sites (tertiary alicyclic amines) is 1. The van der Waals surface area contributed by atoms with E-state index in [9.17, 15) is 0 Å². The van der Waals surface area contributed by atoms with Crippen molar-refractivity contribution < 1.29 is 0 Å². The zero-order valence-corrected chi connectivity index (χ0v) is 12.3. The molecule has 1 saturated heterocycles. The Labute approximate surface area is 115 Å². The molecule has 1 atom stereocenters. The smallest absolute Gasteiger partial charge is 0.0408 e. The van der Waals surface area contributed by atoms with Gasteiger partial charge in [0.15, 0.2) is 0 Å². The molecule has 2 N–H and O–H groups in total. The molecule has 1 unspecified atom stereocenters. The molecule has 2 rings (SSSR count). The summed E-state index contributed by atoms with van der Waals surface area (Å²) >= 11 is 5.99. The summed E-state index contributed by atoms with van der Waals surface area (Å²) < 4.78 is 0. The van der Waals surface area contributed by atoms with Crippen LogP contribution in [0.2, 0.25) is 5.02 Å². The fourth-order valence-electron chi connectivity index (χ4n) is 2.70. The van der Waals surface area contributed by atoms with Crippen LogP contribution in [0.3, 0.4) is 0 Å². The molecule has 0 spiro atoms. The maximum absolute atomic E-state index is 6.17. The van der Waals surface area contributed by atoms with Gasteiger partial charge in [0.25, 0.3) is 0 Å². The van der Waals surface area contributed by atoms with E-state index in [0.29, 0.717) is 6.04 Å². The average molecular weight is 267 g/mol. The third kappa shape index (κ3) is 3.05. The van der Waals surface area contributed by atoms with Gasteiger partial charge in [-0.15, -0.1) is 0 Å². The van der Waals surface area contributed by atoms with Gasteiger partial charge >= 0.3 is 0 Å². The Morgan fingerprint density at radius 3 is 2.78 bits per heavy atom. The zero-order chi connectivity index (χ0) is 13.3. The summed E-state index contributed by atoms with van der Waals surface area (Å²) in [6.45, 7) is 9.81. The third-order valence-corrected chi connectivity index (χ3v) is 4.32. The van der Waals surface area contributed by atoms with Crippen molar-refractivity contribution in [2.45, 2.75) is 39.8 Å². The lowest BCUT2D eigenvalue weighted by Crippen LogP contribution is -2.52. The Balaban J connectivity index is 2.06. The lowest BCUT2D eigenvalue weighted by atomic mass is 9.79. The maximum atomic E-state index is 6.17. The highest BCUT2D eigenvalue weighted by Crippen LogP contribution is 2.29. The molecule has 0 aliphatic carbocycles.